The van der Waals surface area contributed by atoms with Crippen LogP contribution >= 0.6 is 0 Å². The van der Waals surface area contributed by atoms with Gasteiger partial charge >= 0.3 is 19.5 Å². The SMILES string of the molecule is CCN[CH-]C(CF)c1ccc2occc2c1.[Ru+]. The molecule has 0 aliphatic rings. The summed E-state index contributed by atoms with van der Waals surface area (Å²) in [5, 5.41) is 4.07. The van der Waals surface area contributed by atoms with Crippen LogP contribution in [0.25, 0.3) is 11.0 Å². The average Bonchev–Trinajstić information content (AvgIpc) is 2.77. The van der Waals surface area contributed by atoms with Crippen LogP contribution in [0, 0.1) is 6.54 Å². The Morgan fingerprint density at radius 3 is 2.94 bits per heavy atom. The molecule has 2 aromatic rings. The predicted molar refractivity (Wildman–Crippen MR) is 62.9 cm³/mol. The van der Waals surface area contributed by atoms with E-state index in [1.807, 2.05) is 31.2 Å². The average molecular weight is 321 g/mol. The minimum Gasteiger partial charge on any atom is -0.469 e. The summed E-state index contributed by atoms with van der Waals surface area (Å²) in [4.78, 5) is 0. The number of rotatable bonds is 5. The number of furan rings is 1. The Balaban J connectivity index is 0.00000144. The molecule has 4 heteroatoms. The molecular weight excluding hydrogens is 306 g/mol. The van der Waals surface area contributed by atoms with E-state index in [1.165, 1.54) is 0 Å². The van der Waals surface area contributed by atoms with Gasteiger partial charge in [0.15, 0.2) is 0 Å². The number of fused-ring (bicyclic) bond motifs is 1. The third kappa shape index (κ3) is 3.37. The van der Waals surface area contributed by atoms with E-state index in [-0.39, 0.29) is 25.4 Å². The molecule has 0 spiro atoms. The van der Waals surface area contributed by atoms with Crippen LogP contribution in [0.1, 0.15) is 18.4 Å². The van der Waals surface area contributed by atoms with Crippen LogP contribution in [0.2, 0.25) is 0 Å². The number of likely N-dealkylation sites (N-methyl/N-ethyl adjacent to an activating group) is 1. The fourth-order valence-electron chi connectivity index (χ4n) is 1.71. The maximum atomic E-state index is 12.9. The van der Waals surface area contributed by atoms with Gasteiger partial charge in [-0.15, -0.1) is 5.92 Å². The van der Waals surface area contributed by atoms with E-state index in [2.05, 4.69) is 5.32 Å². The van der Waals surface area contributed by atoms with E-state index in [1.54, 1.807) is 12.8 Å². The smallest absolute Gasteiger partial charge is 0.469 e. The summed E-state index contributed by atoms with van der Waals surface area (Å²) in [6.45, 7) is 4.22. The first-order valence-electron chi connectivity index (χ1n) is 5.45. The molecule has 1 aromatic carbocycles. The molecule has 1 heterocycles. The van der Waals surface area contributed by atoms with Gasteiger partial charge in [-0.05, 0) is 18.7 Å². The van der Waals surface area contributed by atoms with E-state index in [0.29, 0.717) is 0 Å². The molecule has 0 saturated carbocycles. The van der Waals surface area contributed by atoms with Crippen molar-refractivity contribution in [1.82, 2.24) is 5.32 Å². The standard InChI is InChI=1S/C13H15FNO.Ru/c1-2-15-9-12(8-14)10-3-4-13-11(7-10)5-6-16-13;/h3-7,9,12,15H,2,8H2,1H3;/q-1;+1. The largest absolute Gasteiger partial charge is 1.00 e. The number of nitrogens with one attached hydrogen (secondary N) is 1. The summed E-state index contributed by atoms with van der Waals surface area (Å²) in [6, 6.07) is 7.65. The molecule has 0 aliphatic heterocycles. The topological polar surface area (TPSA) is 25.2 Å². The molecule has 0 aliphatic carbocycles. The maximum Gasteiger partial charge on any atom is 1.00 e. The first kappa shape index (κ1) is 14.3. The number of hydrogen-bond acceptors (Lipinski definition) is 2. The Kier molecular flexibility index (Phi) is 5.80. The van der Waals surface area contributed by atoms with Gasteiger partial charge in [-0.2, -0.15) is 0 Å². The molecule has 2 rings (SSSR count). The van der Waals surface area contributed by atoms with E-state index < -0.39 is 6.67 Å². The molecule has 93 valence electrons. The summed E-state index contributed by atoms with van der Waals surface area (Å²) >= 11 is 0. The molecule has 0 saturated heterocycles. The third-order valence-electron chi connectivity index (χ3n) is 2.59. The van der Waals surface area contributed by atoms with Crippen molar-refractivity contribution in [3.05, 3.63) is 42.6 Å². The van der Waals surface area contributed by atoms with E-state index in [9.17, 15) is 4.39 Å². The fraction of sp³-hybridized carbons (Fsp3) is 0.308. The molecule has 17 heavy (non-hydrogen) atoms. The van der Waals surface area contributed by atoms with Crippen molar-refractivity contribution < 1.29 is 28.3 Å². The first-order chi connectivity index (χ1) is 7.85. The van der Waals surface area contributed by atoms with E-state index >= 15 is 0 Å². The van der Waals surface area contributed by atoms with Crippen molar-refractivity contribution >= 4 is 11.0 Å². The second kappa shape index (κ2) is 6.88. The third-order valence-corrected chi connectivity index (χ3v) is 2.59. The van der Waals surface area contributed by atoms with E-state index in [0.717, 1.165) is 23.1 Å². The predicted octanol–water partition coefficient (Wildman–Crippen LogP) is 3.25. The summed E-state index contributed by atoms with van der Waals surface area (Å²) < 4.78 is 18.1. The minimum atomic E-state index is -0.393. The Bertz CT molecular complexity index is 457. The summed E-state index contributed by atoms with van der Waals surface area (Å²) in [5.41, 5.74) is 1.81. The Hall–Kier alpha value is -0.727. The van der Waals surface area contributed by atoms with Gasteiger partial charge in [0, 0.05) is 5.39 Å². The van der Waals surface area contributed by atoms with Crippen molar-refractivity contribution in [2.24, 2.45) is 0 Å². The molecule has 1 radical (unpaired) electrons. The zero-order valence-electron chi connectivity index (χ0n) is 9.60. The van der Waals surface area contributed by atoms with Crippen LogP contribution in [0.5, 0.6) is 0 Å². The van der Waals surface area contributed by atoms with Crippen LogP contribution in [0.3, 0.4) is 0 Å². The Morgan fingerprint density at radius 2 is 2.24 bits per heavy atom. The maximum absolute atomic E-state index is 12.9. The van der Waals surface area contributed by atoms with Crippen molar-refractivity contribution in [2.75, 3.05) is 13.2 Å². The molecule has 1 atom stereocenters. The second-order valence-corrected chi connectivity index (χ2v) is 3.70. The Morgan fingerprint density at radius 1 is 1.41 bits per heavy atom. The molecule has 2 nitrogen and oxygen atoms in total. The molecular formula is C13H15FNORu. The molecule has 1 N–H and O–H groups in total. The minimum absolute atomic E-state index is 0. The molecule has 0 amide bonds. The number of alkyl halides is 1. The van der Waals surface area contributed by atoms with Gasteiger partial charge in [-0.25, -0.2) is 0 Å². The van der Waals surface area contributed by atoms with Crippen molar-refractivity contribution in [3.63, 3.8) is 0 Å². The van der Waals surface area contributed by atoms with E-state index in [4.69, 9.17) is 4.42 Å². The van der Waals surface area contributed by atoms with Gasteiger partial charge in [-0.3, -0.25) is 10.9 Å². The number of benzene rings is 1. The molecule has 1 aromatic heterocycles. The van der Waals surface area contributed by atoms with Crippen LogP contribution in [0.15, 0.2) is 34.9 Å². The summed E-state index contributed by atoms with van der Waals surface area (Å²) in [7, 11) is 0. The quantitative estimate of drug-likeness (QED) is 0.675. The van der Waals surface area contributed by atoms with Crippen LogP contribution in [-0.2, 0) is 19.5 Å². The second-order valence-electron chi connectivity index (χ2n) is 3.70. The van der Waals surface area contributed by atoms with Crippen LogP contribution in [0.4, 0.5) is 4.39 Å². The van der Waals surface area contributed by atoms with Crippen molar-refractivity contribution in [2.45, 2.75) is 12.8 Å². The summed E-state index contributed by atoms with van der Waals surface area (Å²) in [6.07, 6.45) is 1.65. The summed E-state index contributed by atoms with van der Waals surface area (Å²) in [5.74, 6) is -0.195. The van der Waals surface area contributed by atoms with Gasteiger partial charge in [0.05, 0.1) is 12.9 Å². The number of hydrogen-bond donors (Lipinski definition) is 1. The molecule has 0 bridgehead atoms. The van der Waals surface area contributed by atoms with Gasteiger partial charge in [0.25, 0.3) is 0 Å². The van der Waals surface area contributed by atoms with Gasteiger partial charge in [0.2, 0.25) is 0 Å². The Labute approximate surface area is 113 Å². The van der Waals surface area contributed by atoms with Gasteiger partial charge < -0.3 is 9.73 Å². The fourth-order valence-corrected chi connectivity index (χ4v) is 1.71. The molecule has 0 fully saturated rings. The molecule has 1 unspecified atom stereocenters. The monoisotopic (exact) mass is 322 g/mol. The van der Waals surface area contributed by atoms with Gasteiger partial charge in [0.1, 0.15) is 5.58 Å². The van der Waals surface area contributed by atoms with Crippen LogP contribution < -0.4 is 5.32 Å². The van der Waals surface area contributed by atoms with Crippen molar-refractivity contribution in [3.8, 4) is 0 Å². The van der Waals surface area contributed by atoms with Crippen LogP contribution in [-0.4, -0.2) is 13.2 Å². The van der Waals surface area contributed by atoms with Crippen molar-refractivity contribution in [1.29, 1.82) is 0 Å². The zero-order valence-corrected chi connectivity index (χ0v) is 11.3. The van der Waals surface area contributed by atoms with Gasteiger partial charge in [-0.1, -0.05) is 24.6 Å². The zero-order chi connectivity index (χ0) is 11.4. The normalized spacial score (nSPS) is 12.4. The number of halogens is 1. The first-order valence-corrected chi connectivity index (χ1v) is 5.45.